The molecule has 0 spiro atoms. The Balaban J connectivity index is 2.02. The lowest BCUT2D eigenvalue weighted by Crippen LogP contribution is -2.14. The first-order chi connectivity index (χ1) is 15.2. The smallest absolute Gasteiger partial charge is 0.416 e. The van der Waals surface area contributed by atoms with Crippen LogP contribution in [-0.2, 0) is 17.5 Å². The maximum absolute atomic E-state index is 13.2. The number of ether oxygens (including phenoxy) is 3. The topological polar surface area (TPSA) is 82.6 Å². The Bertz CT molecular complexity index is 1130. The van der Waals surface area contributed by atoms with E-state index in [-0.39, 0.29) is 22.9 Å². The van der Waals surface area contributed by atoms with Crippen LogP contribution < -0.4 is 14.8 Å². The van der Waals surface area contributed by atoms with Gasteiger partial charge in [0.15, 0.2) is 5.82 Å². The number of methoxy groups -OCH3 is 2. The summed E-state index contributed by atoms with van der Waals surface area (Å²) in [5, 5.41) is 3.12. The number of aryl methyl sites for hydroxylation is 1. The molecule has 0 aliphatic rings. The van der Waals surface area contributed by atoms with Crippen LogP contribution >= 0.6 is 11.3 Å². The number of nitrogens with zero attached hydrogens (tertiary/aromatic N) is 2. The molecule has 1 amide bonds. The van der Waals surface area contributed by atoms with Gasteiger partial charge < -0.3 is 19.5 Å². The molecule has 0 aliphatic heterocycles. The van der Waals surface area contributed by atoms with Crippen LogP contribution in [-0.4, -0.2) is 36.7 Å². The van der Waals surface area contributed by atoms with Crippen molar-refractivity contribution in [2.75, 3.05) is 26.1 Å². The zero-order chi connectivity index (χ0) is 23.5. The molecule has 172 valence electrons. The van der Waals surface area contributed by atoms with Gasteiger partial charge in [-0.1, -0.05) is 6.92 Å². The van der Waals surface area contributed by atoms with Crippen molar-refractivity contribution in [3.63, 3.8) is 0 Å². The van der Waals surface area contributed by atoms with Gasteiger partial charge in [-0.15, -0.1) is 11.3 Å². The highest BCUT2D eigenvalue weighted by Gasteiger charge is 2.32. The minimum Gasteiger partial charge on any atom is -0.491 e. The number of hydrogen-bond donors (Lipinski definition) is 1. The molecule has 2 aromatic heterocycles. The second kappa shape index (κ2) is 9.70. The Morgan fingerprint density at radius 1 is 1.22 bits per heavy atom. The van der Waals surface area contributed by atoms with E-state index in [9.17, 15) is 18.0 Å². The number of thiophene rings is 1. The van der Waals surface area contributed by atoms with Crippen molar-refractivity contribution in [2.45, 2.75) is 33.1 Å². The van der Waals surface area contributed by atoms with Gasteiger partial charge in [-0.3, -0.25) is 4.79 Å². The van der Waals surface area contributed by atoms with Crippen molar-refractivity contribution in [1.82, 2.24) is 9.97 Å². The van der Waals surface area contributed by atoms with Crippen LogP contribution in [0.4, 0.5) is 18.9 Å². The van der Waals surface area contributed by atoms with Crippen molar-refractivity contribution < 1.29 is 32.2 Å². The zero-order valence-electron chi connectivity index (χ0n) is 17.9. The van der Waals surface area contributed by atoms with Crippen molar-refractivity contribution in [2.24, 2.45) is 0 Å². The molecular weight excluding hydrogens is 447 g/mol. The Morgan fingerprint density at radius 3 is 2.59 bits per heavy atom. The van der Waals surface area contributed by atoms with Crippen LogP contribution in [0, 0.1) is 6.92 Å². The fourth-order valence-electron chi connectivity index (χ4n) is 3.02. The number of benzene rings is 1. The predicted molar refractivity (Wildman–Crippen MR) is 115 cm³/mol. The maximum Gasteiger partial charge on any atom is 0.416 e. The largest absolute Gasteiger partial charge is 0.491 e. The van der Waals surface area contributed by atoms with Crippen molar-refractivity contribution in [3.8, 4) is 11.6 Å². The SMILES string of the molecule is CCCOc1ccc(C(F)(F)F)cc1NC(=O)c1sc2nc(COC)nc(OC)c2c1C. The summed E-state index contributed by atoms with van der Waals surface area (Å²) in [6, 6.07) is 2.99. The number of carbonyl (C=O) groups excluding carboxylic acids is 1. The number of aromatic nitrogens is 2. The molecule has 7 nitrogen and oxygen atoms in total. The molecule has 32 heavy (non-hydrogen) atoms. The van der Waals surface area contributed by atoms with Crippen LogP contribution in [0.1, 0.15) is 40.0 Å². The number of alkyl halides is 3. The Kier molecular flexibility index (Phi) is 7.19. The fourth-order valence-corrected chi connectivity index (χ4v) is 4.11. The molecule has 0 saturated heterocycles. The molecule has 0 radical (unpaired) electrons. The van der Waals surface area contributed by atoms with Crippen LogP contribution in [0.3, 0.4) is 0 Å². The van der Waals surface area contributed by atoms with Crippen LogP contribution in [0.25, 0.3) is 10.2 Å². The summed E-state index contributed by atoms with van der Waals surface area (Å²) in [6.07, 6.45) is -3.90. The molecule has 0 saturated carbocycles. The molecule has 0 atom stereocenters. The molecule has 0 bridgehead atoms. The summed E-state index contributed by atoms with van der Waals surface area (Å²) < 4.78 is 55.6. The van der Waals surface area contributed by atoms with Gasteiger partial charge in [0.05, 0.1) is 35.2 Å². The highest BCUT2D eigenvalue weighted by atomic mass is 32.1. The lowest BCUT2D eigenvalue weighted by molar-refractivity contribution is -0.137. The average molecular weight is 469 g/mol. The summed E-state index contributed by atoms with van der Waals surface area (Å²) in [5.74, 6) is 0.257. The number of carbonyl (C=O) groups is 1. The van der Waals surface area contributed by atoms with E-state index >= 15 is 0 Å². The normalized spacial score (nSPS) is 11.6. The molecule has 11 heteroatoms. The third-order valence-corrected chi connectivity index (χ3v) is 5.68. The number of nitrogens with one attached hydrogen (secondary N) is 1. The first kappa shape index (κ1) is 23.7. The number of rotatable bonds is 8. The number of fused-ring (bicyclic) bond motifs is 1. The van der Waals surface area contributed by atoms with Gasteiger partial charge in [0, 0.05) is 7.11 Å². The number of amides is 1. The first-order valence-corrected chi connectivity index (χ1v) is 10.5. The molecular formula is C21H22F3N3O4S. The third-order valence-electron chi connectivity index (χ3n) is 4.49. The van der Waals surface area contributed by atoms with Gasteiger partial charge in [0.1, 0.15) is 17.2 Å². The van der Waals surface area contributed by atoms with Gasteiger partial charge in [-0.05, 0) is 37.1 Å². The van der Waals surface area contributed by atoms with Gasteiger partial charge in [0.2, 0.25) is 5.88 Å². The van der Waals surface area contributed by atoms with Crippen molar-refractivity contribution in [3.05, 3.63) is 40.0 Å². The highest BCUT2D eigenvalue weighted by Crippen LogP contribution is 2.38. The Labute approximate surface area is 186 Å². The van der Waals surface area contributed by atoms with Gasteiger partial charge >= 0.3 is 6.18 Å². The number of anilines is 1. The van der Waals surface area contributed by atoms with Crippen molar-refractivity contribution >= 4 is 33.1 Å². The molecule has 1 aromatic carbocycles. The molecule has 0 unspecified atom stereocenters. The zero-order valence-corrected chi connectivity index (χ0v) is 18.7. The number of halogens is 3. The lowest BCUT2D eigenvalue weighted by Gasteiger charge is -2.15. The second-order valence-electron chi connectivity index (χ2n) is 6.83. The second-order valence-corrected chi connectivity index (χ2v) is 7.83. The Hall–Kier alpha value is -2.92. The molecule has 0 fully saturated rings. The summed E-state index contributed by atoms with van der Waals surface area (Å²) in [5.41, 5.74) is -0.388. The number of hydrogen-bond acceptors (Lipinski definition) is 7. The third kappa shape index (κ3) is 4.94. The summed E-state index contributed by atoms with van der Waals surface area (Å²) in [7, 11) is 2.96. The molecule has 1 N–H and O–H groups in total. The minimum atomic E-state index is -4.56. The van der Waals surface area contributed by atoms with E-state index in [4.69, 9.17) is 14.2 Å². The first-order valence-electron chi connectivity index (χ1n) is 9.67. The van der Waals surface area contributed by atoms with E-state index in [1.54, 1.807) is 6.92 Å². The van der Waals surface area contributed by atoms with E-state index in [0.29, 0.717) is 40.5 Å². The Morgan fingerprint density at radius 2 is 1.97 bits per heavy atom. The quantitative estimate of drug-likeness (QED) is 0.487. The summed E-state index contributed by atoms with van der Waals surface area (Å²) >= 11 is 1.09. The van der Waals surface area contributed by atoms with Gasteiger partial charge in [-0.25, -0.2) is 4.98 Å². The minimum absolute atomic E-state index is 0.0618. The lowest BCUT2D eigenvalue weighted by atomic mass is 10.1. The summed E-state index contributed by atoms with van der Waals surface area (Å²) in [6.45, 7) is 4.03. The van der Waals surface area contributed by atoms with E-state index in [1.165, 1.54) is 20.3 Å². The molecule has 3 aromatic rings. The van der Waals surface area contributed by atoms with E-state index < -0.39 is 17.6 Å². The fraction of sp³-hybridized carbons (Fsp3) is 0.381. The average Bonchev–Trinajstić information content (AvgIpc) is 3.08. The molecule has 0 aliphatic carbocycles. The van der Waals surface area contributed by atoms with Crippen LogP contribution in [0.5, 0.6) is 11.6 Å². The van der Waals surface area contributed by atoms with Gasteiger partial charge in [0.25, 0.3) is 5.91 Å². The summed E-state index contributed by atoms with van der Waals surface area (Å²) in [4.78, 5) is 22.5. The molecule has 2 heterocycles. The monoisotopic (exact) mass is 469 g/mol. The van der Waals surface area contributed by atoms with Crippen LogP contribution in [0.2, 0.25) is 0 Å². The van der Waals surface area contributed by atoms with E-state index in [2.05, 4.69) is 15.3 Å². The van der Waals surface area contributed by atoms with Crippen LogP contribution in [0.15, 0.2) is 18.2 Å². The maximum atomic E-state index is 13.2. The highest BCUT2D eigenvalue weighted by molar-refractivity contribution is 7.20. The van der Waals surface area contributed by atoms with Crippen molar-refractivity contribution in [1.29, 1.82) is 0 Å². The standard InChI is InChI=1S/C21H22F3N3O4S/c1-5-8-31-14-7-6-12(21(22,23)24)9-13(14)25-18(28)17-11(2)16-19(30-4)26-15(10-29-3)27-20(16)32-17/h6-7,9H,5,8,10H2,1-4H3,(H,25,28). The van der Waals surface area contributed by atoms with E-state index in [1.807, 2.05) is 6.92 Å². The molecule has 3 rings (SSSR count). The predicted octanol–water partition coefficient (Wildman–Crippen LogP) is 5.21. The van der Waals surface area contributed by atoms with Gasteiger partial charge in [-0.2, -0.15) is 18.2 Å². The van der Waals surface area contributed by atoms with E-state index in [0.717, 1.165) is 23.5 Å².